The summed E-state index contributed by atoms with van der Waals surface area (Å²) in [6.07, 6.45) is 0.642. The van der Waals surface area contributed by atoms with Crippen molar-refractivity contribution in [3.63, 3.8) is 0 Å². The molecule has 0 radical (unpaired) electrons. The number of hydrogen-bond acceptors (Lipinski definition) is 6. The van der Waals surface area contributed by atoms with Crippen LogP contribution in [0.3, 0.4) is 0 Å². The zero-order valence-electron chi connectivity index (χ0n) is 20.4. The normalized spacial score (nSPS) is 17.3. The molecule has 3 rings (SSSR count). The summed E-state index contributed by atoms with van der Waals surface area (Å²) in [6.45, 7) is 8.00. The van der Waals surface area contributed by atoms with Crippen LogP contribution < -0.4 is 0 Å². The van der Waals surface area contributed by atoms with Gasteiger partial charge >= 0.3 is 6.09 Å². The Bertz CT molecular complexity index is 1050. The quantitative estimate of drug-likeness (QED) is 0.570. The van der Waals surface area contributed by atoms with Crippen molar-refractivity contribution in [2.45, 2.75) is 69.0 Å². The fourth-order valence-electron chi connectivity index (χ4n) is 4.23. The molecule has 34 heavy (non-hydrogen) atoms. The Labute approximate surface area is 202 Å². The van der Waals surface area contributed by atoms with Gasteiger partial charge < -0.3 is 14.7 Å². The lowest BCUT2D eigenvalue weighted by atomic mass is 9.74. The highest BCUT2D eigenvalue weighted by atomic mass is 32.2. The van der Waals surface area contributed by atoms with Crippen LogP contribution in [0, 0.1) is 6.92 Å². The monoisotopic (exact) mass is 489 g/mol. The van der Waals surface area contributed by atoms with Crippen LogP contribution in [-0.4, -0.2) is 55.4 Å². The Kier molecular flexibility index (Phi) is 8.06. The number of amides is 1. The largest absolute Gasteiger partial charge is 0.444 e. The number of piperidine rings is 1. The van der Waals surface area contributed by atoms with Crippen molar-refractivity contribution in [2.24, 2.45) is 0 Å². The SMILES string of the molecule is Cc1ccc(S(=O)(=O)OCCC(c2ccccc2)C2(O)CCN(C(=O)OC(C)(C)C)CC2)cc1. The number of aliphatic hydroxyl groups is 1. The lowest BCUT2D eigenvalue weighted by Gasteiger charge is -2.43. The molecular formula is C26H35NO6S. The van der Waals surface area contributed by atoms with Crippen molar-refractivity contribution in [3.8, 4) is 0 Å². The van der Waals surface area contributed by atoms with Crippen molar-refractivity contribution in [1.29, 1.82) is 0 Å². The zero-order chi connectivity index (χ0) is 25.0. The molecule has 1 amide bonds. The van der Waals surface area contributed by atoms with E-state index in [0.717, 1.165) is 11.1 Å². The van der Waals surface area contributed by atoms with Crippen molar-refractivity contribution < 1.29 is 27.2 Å². The topological polar surface area (TPSA) is 93.1 Å². The number of likely N-dealkylation sites (tertiary alicyclic amines) is 1. The zero-order valence-corrected chi connectivity index (χ0v) is 21.2. The third-order valence-electron chi connectivity index (χ3n) is 6.09. The van der Waals surface area contributed by atoms with Gasteiger partial charge in [-0.15, -0.1) is 0 Å². The van der Waals surface area contributed by atoms with Gasteiger partial charge in [0.25, 0.3) is 10.1 Å². The molecule has 8 heteroatoms. The van der Waals surface area contributed by atoms with E-state index >= 15 is 0 Å². The molecule has 0 saturated carbocycles. The van der Waals surface area contributed by atoms with Crippen LogP contribution in [0.1, 0.15) is 57.1 Å². The summed E-state index contributed by atoms with van der Waals surface area (Å²) < 4.78 is 36.0. The summed E-state index contributed by atoms with van der Waals surface area (Å²) in [5, 5.41) is 11.6. The first-order chi connectivity index (χ1) is 15.9. The van der Waals surface area contributed by atoms with E-state index in [1.165, 1.54) is 12.1 Å². The molecule has 2 aromatic rings. The molecule has 0 spiro atoms. The Morgan fingerprint density at radius 1 is 1.06 bits per heavy atom. The molecule has 186 valence electrons. The minimum absolute atomic E-state index is 0.0616. The highest BCUT2D eigenvalue weighted by Crippen LogP contribution is 2.39. The lowest BCUT2D eigenvalue weighted by molar-refractivity contribution is -0.0520. The van der Waals surface area contributed by atoms with E-state index in [0.29, 0.717) is 32.4 Å². The van der Waals surface area contributed by atoms with Crippen molar-refractivity contribution in [1.82, 2.24) is 4.90 Å². The van der Waals surface area contributed by atoms with Crippen molar-refractivity contribution in [3.05, 3.63) is 65.7 Å². The molecule has 1 atom stereocenters. The van der Waals surface area contributed by atoms with Crippen LogP contribution in [-0.2, 0) is 19.0 Å². The van der Waals surface area contributed by atoms with Crippen molar-refractivity contribution in [2.75, 3.05) is 19.7 Å². The van der Waals surface area contributed by atoms with E-state index < -0.39 is 27.4 Å². The maximum Gasteiger partial charge on any atom is 0.410 e. The molecule has 1 N–H and O–H groups in total. The van der Waals surface area contributed by atoms with Gasteiger partial charge in [-0.3, -0.25) is 4.18 Å². The fourth-order valence-corrected chi connectivity index (χ4v) is 5.15. The van der Waals surface area contributed by atoms with Gasteiger partial charge in [0, 0.05) is 19.0 Å². The third-order valence-corrected chi connectivity index (χ3v) is 7.41. The van der Waals surface area contributed by atoms with Crippen LogP contribution in [0.25, 0.3) is 0 Å². The molecule has 1 unspecified atom stereocenters. The summed E-state index contributed by atoms with van der Waals surface area (Å²) in [4.78, 5) is 14.2. The predicted molar refractivity (Wildman–Crippen MR) is 130 cm³/mol. The molecular weight excluding hydrogens is 454 g/mol. The highest BCUT2D eigenvalue weighted by Gasteiger charge is 2.42. The van der Waals surface area contributed by atoms with Crippen LogP contribution in [0.5, 0.6) is 0 Å². The summed E-state index contributed by atoms with van der Waals surface area (Å²) in [6, 6.07) is 16.0. The Morgan fingerprint density at radius 3 is 2.21 bits per heavy atom. The number of aryl methyl sites for hydroxylation is 1. The minimum Gasteiger partial charge on any atom is -0.444 e. The van der Waals surface area contributed by atoms with Gasteiger partial charge in [-0.2, -0.15) is 8.42 Å². The van der Waals surface area contributed by atoms with Crippen molar-refractivity contribution >= 4 is 16.2 Å². The van der Waals surface area contributed by atoms with Crippen LogP contribution in [0.2, 0.25) is 0 Å². The first-order valence-corrected chi connectivity index (χ1v) is 13.0. The van der Waals surface area contributed by atoms with E-state index in [1.54, 1.807) is 17.0 Å². The average Bonchev–Trinajstić information content (AvgIpc) is 2.77. The highest BCUT2D eigenvalue weighted by molar-refractivity contribution is 7.86. The fraction of sp³-hybridized carbons (Fsp3) is 0.500. The Morgan fingerprint density at radius 2 is 1.65 bits per heavy atom. The standard InChI is InChI=1S/C26H35NO6S/c1-20-10-12-22(13-11-20)34(30,31)32-19-14-23(21-8-6-5-7-9-21)26(29)15-17-27(18-16-26)24(28)33-25(2,3)4/h5-13,23,29H,14-19H2,1-4H3. The van der Waals surface area contributed by atoms with E-state index in [1.807, 2.05) is 58.0 Å². The summed E-state index contributed by atoms with van der Waals surface area (Å²) >= 11 is 0. The maximum atomic E-state index is 12.6. The molecule has 1 fully saturated rings. The van der Waals surface area contributed by atoms with Gasteiger partial charge in [-0.25, -0.2) is 4.79 Å². The minimum atomic E-state index is -3.89. The second kappa shape index (κ2) is 10.5. The molecule has 1 heterocycles. The maximum absolute atomic E-state index is 12.6. The average molecular weight is 490 g/mol. The van der Waals surface area contributed by atoms with Crippen LogP contribution >= 0.6 is 0 Å². The number of hydrogen-bond donors (Lipinski definition) is 1. The molecule has 0 aromatic heterocycles. The molecule has 1 aliphatic rings. The van der Waals surface area contributed by atoms with E-state index in [2.05, 4.69) is 0 Å². The number of carbonyl (C=O) groups is 1. The molecule has 7 nitrogen and oxygen atoms in total. The second-order valence-electron chi connectivity index (χ2n) is 9.91. The lowest BCUT2D eigenvalue weighted by Crippen LogP contribution is -2.50. The van der Waals surface area contributed by atoms with Gasteiger partial charge in [0.1, 0.15) is 5.60 Å². The first kappa shape index (κ1) is 26.2. The Hall–Kier alpha value is -2.42. The number of nitrogens with zero attached hydrogens (tertiary/aromatic N) is 1. The summed E-state index contributed by atoms with van der Waals surface area (Å²) in [5.41, 5.74) is 0.184. The van der Waals surface area contributed by atoms with Crippen LogP contribution in [0.15, 0.2) is 59.5 Å². The summed E-state index contributed by atoms with van der Waals surface area (Å²) in [7, 11) is -3.89. The van der Waals surface area contributed by atoms with E-state index in [9.17, 15) is 18.3 Å². The second-order valence-corrected chi connectivity index (χ2v) is 11.5. The van der Waals surface area contributed by atoms with Gasteiger partial charge in [-0.1, -0.05) is 48.0 Å². The van der Waals surface area contributed by atoms with Gasteiger partial charge in [-0.05, 0) is 64.7 Å². The molecule has 1 saturated heterocycles. The third kappa shape index (κ3) is 6.81. The number of benzene rings is 2. The van der Waals surface area contributed by atoms with Gasteiger partial charge in [0.05, 0.1) is 17.1 Å². The summed E-state index contributed by atoms with van der Waals surface area (Å²) in [5.74, 6) is -0.345. The molecule has 0 aliphatic carbocycles. The Balaban J connectivity index is 1.69. The first-order valence-electron chi connectivity index (χ1n) is 11.6. The van der Waals surface area contributed by atoms with Gasteiger partial charge in [0.15, 0.2) is 0 Å². The smallest absolute Gasteiger partial charge is 0.410 e. The van der Waals surface area contributed by atoms with Crippen LogP contribution in [0.4, 0.5) is 4.79 Å². The molecule has 1 aliphatic heterocycles. The van der Waals surface area contributed by atoms with E-state index in [-0.39, 0.29) is 17.4 Å². The predicted octanol–water partition coefficient (Wildman–Crippen LogP) is 4.64. The number of ether oxygens (including phenoxy) is 1. The van der Waals surface area contributed by atoms with Gasteiger partial charge in [0.2, 0.25) is 0 Å². The van der Waals surface area contributed by atoms with E-state index in [4.69, 9.17) is 8.92 Å². The molecule has 0 bridgehead atoms. The number of rotatable bonds is 7. The number of carbonyl (C=O) groups excluding carboxylic acids is 1. The molecule has 2 aromatic carbocycles.